The maximum atomic E-state index is 12.2. The second kappa shape index (κ2) is 5.34. The zero-order chi connectivity index (χ0) is 14.1. The summed E-state index contributed by atoms with van der Waals surface area (Å²) in [7, 11) is 1.92. The summed E-state index contributed by atoms with van der Waals surface area (Å²) in [4.78, 5) is 13.9. The van der Waals surface area contributed by atoms with Gasteiger partial charge in [-0.15, -0.1) is 0 Å². The third-order valence-corrected chi connectivity index (χ3v) is 3.77. The van der Waals surface area contributed by atoms with Crippen LogP contribution in [0, 0.1) is 0 Å². The molecule has 0 unspecified atom stereocenters. The van der Waals surface area contributed by atoms with E-state index in [9.17, 15) is 4.79 Å². The van der Waals surface area contributed by atoms with Crippen LogP contribution in [0.15, 0.2) is 24.3 Å². The molecule has 6 heteroatoms. The molecule has 0 saturated carbocycles. The molecule has 1 aliphatic heterocycles. The van der Waals surface area contributed by atoms with Gasteiger partial charge in [-0.1, -0.05) is 11.6 Å². The Morgan fingerprint density at radius 2 is 2.05 bits per heavy atom. The normalized spacial score (nSPS) is 15.6. The van der Waals surface area contributed by atoms with Crippen LogP contribution in [0.1, 0.15) is 0 Å². The molecule has 0 atom stereocenters. The number of hydrogen-bond donors (Lipinski definition) is 1. The number of morpholine rings is 1. The Hall–Kier alpha value is -1.72. The average Bonchev–Trinajstić information content (AvgIpc) is 2.75. The van der Waals surface area contributed by atoms with Gasteiger partial charge < -0.3 is 14.2 Å². The van der Waals surface area contributed by atoms with Crippen LogP contribution in [-0.4, -0.2) is 41.8 Å². The summed E-state index contributed by atoms with van der Waals surface area (Å²) in [5.74, 6) is 0.763. The van der Waals surface area contributed by atoms with Crippen molar-refractivity contribution in [3.63, 3.8) is 0 Å². The molecule has 1 fully saturated rings. The van der Waals surface area contributed by atoms with Gasteiger partial charge in [0.05, 0.1) is 13.2 Å². The Kier molecular flexibility index (Phi) is 3.54. The van der Waals surface area contributed by atoms with Crippen LogP contribution in [0.2, 0.25) is 5.02 Å². The van der Waals surface area contributed by atoms with Crippen molar-refractivity contribution in [3.05, 3.63) is 29.3 Å². The minimum Gasteiger partial charge on any atom is -0.378 e. The Morgan fingerprint density at radius 1 is 1.30 bits per heavy atom. The van der Waals surface area contributed by atoms with Gasteiger partial charge in [0.2, 0.25) is 0 Å². The van der Waals surface area contributed by atoms with E-state index in [0.29, 0.717) is 31.3 Å². The first-order valence-electron chi connectivity index (χ1n) is 6.54. The number of urea groups is 1. The van der Waals surface area contributed by atoms with Crippen molar-refractivity contribution < 1.29 is 9.53 Å². The lowest BCUT2D eigenvalue weighted by atomic mass is 10.2. The van der Waals surface area contributed by atoms with E-state index in [1.54, 1.807) is 4.90 Å². The monoisotopic (exact) mass is 293 g/mol. The van der Waals surface area contributed by atoms with Gasteiger partial charge in [0.15, 0.2) is 0 Å². The molecule has 2 heterocycles. The van der Waals surface area contributed by atoms with Crippen LogP contribution in [0.3, 0.4) is 0 Å². The number of aryl methyl sites for hydroxylation is 1. The first-order valence-corrected chi connectivity index (χ1v) is 6.91. The number of halogens is 1. The van der Waals surface area contributed by atoms with Crippen LogP contribution >= 0.6 is 11.6 Å². The van der Waals surface area contributed by atoms with Crippen LogP contribution in [-0.2, 0) is 11.8 Å². The summed E-state index contributed by atoms with van der Waals surface area (Å²) in [5, 5.41) is 4.64. The summed E-state index contributed by atoms with van der Waals surface area (Å²) in [6.07, 6.45) is 0. The van der Waals surface area contributed by atoms with Gasteiger partial charge in [0, 0.05) is 36.1 Å². The largest absolute Gasteiger partial charge is 0.378 e. The Balaban J connectivity index is 1.83. The predicted octanol–water partition coefficient (Wildman–Crippen LogP) is 2.70. The predicted molar refractivity (Wildman–Crippen MR) is 79.3 cm³/mol. The molecule has 0 radical (unpaired) electrons. The smallest absolute Gasteiger partial charge is 0.323 e. The number of fused-ring (bicyclic) bond motifs is 1. The van der Waals surface area contributed by atoms with E-state index < -0.39 is 0 Å². The molecule has 3 rings (SSSR count). The Morgan fingerprint density at radius 3 is 2.80 bits per heavy atom. The topological polar surface area (TPSA) is 46.5 Å². The van der Waals surface area contributed by atoms with Crippen LogP contribution in [0.25, 0.3) is 10.9 Å². The van der Waals surface area contributed by atoms with Gasteiger partial charge in [-0.05, 0) is 24.3 Å². The van der Waals surface area contributed by atoms with Gasteiger partial charge in [0.1, 0.15) is 5.82 Å². The van der Waals surface area contributed by atoms with Gasteiger partial charge in [-0.3, -0.25) is 5.32 Å². The fourth-order valence-corrected chi connectivity index (χ4v) is 2.58. The number of anilines is 1. The van der Waals surface area contributed by atoms with Crippen molar-refractivity contribution in [2.45, 2.75) is 0 Å². The third-order valence-electron chi connectivity index (χ3n) is 3.54. The number of ether oxygens (including phenoxy) is 1. The third kappa shape index (κ3) is 2.46. The van der Waals surface area contributed by atoms with E-state index in [1.165, 1.54) is 0 Å². The highest BCUT2D eigenvalue weighted by Gasteiger charge is 2.18. The lowest BCUT2D eigenvalue weighted by Crippen LogP contribution is -2.43. The van der Waals surface area contributed by atoms with E-state index in [1.807, 2.05) is 35.9 Å². The minimum absolute atomic E-state index is 0.0923. The first-order chi connectivity index (χ1) is 9.65. The van der Waals surface area contributed by atoms with Gasteiger partial charge >= 0.3 is 6.03 Å². The standard InChI is InChI=1S/C14H16ClN3O2/c1-17-12-3-2-11(15)8-10(12)9-13(17)16-14(19)18-4-6-20-7-5-18/h2-3,8-9H,4-7H2,1H3,(H,16,19). The molecule has 2 aromatic rings. The van der Waals surface area contributed by atoms with Crippen LogP contribution in [0.5, 0.6) is 0 Å². The minimum atomic E-state index is -0.0923. The molecule has 2 amide bonds. The maximum absolute atomic E-state index is 12.2. The molecule has 1 N–H and O–H groups in total. The van der Waals surface area contributed by atoms with Crippen molar-refractivity contribution >= 4 is 34.4 Å². The van der Waals surface area contributed by atoms with E-state index in [0.717, 1.165) is 16.7 Å². The number of carbonyl (C=O) groups is 1. The quantitative estimate of drug-likeness (QED) is 0.879. The van der Waals surface area contributed by atoms with E-state index in [4.69, 9.17) is 16.3 Å². The van der Waals surface area contributed by atoms with E-state index in [2.05, 4.69) is 5.32 Å². The number of nitrogens with one attached hydrogen (secondary N) is 1. The molecular formula is C14H16ClN3O2. The zero-order valence-corrected chi connectivity index (χ0v) is 12.0. The number of aromatic nitrogens is 1. The number of nitrogens with zero attached hydrogens (tertiary/aromatic N) is 2. The molecule has 1 aromatic heterocycles. The molecule has 20 heavy (non-hydrogen) atoms. The van der Waals surface area contributed by atoms with E-state index >= 15 is 0 Å². The lowest BCUT2D eigenvalue weighted by molar-refractivity contribution is 0.0564. The molecule has 5 nitrogen and oxygen atoms in total. The number of hydrogen-bond acceptors (Lipinski definition) is 2. The van der Waals surface area contributed by atoms with Crippen LogP contribution in [0.4, 0.5) is 10.6 Å². The molecule has 1 aromatic carbocycles. The van der Waals surface area contributed by atoms with Crippen molar-refractivity contribution in [2.24, 2.45) is 7.05 Å². The molecule has 0 aliphatic carbocycles. The second-order valence-corrected chi connectivity index (χ2v) is 5.26. The summed E-state index contributed by atoms with van der Waals surface area (Å²) in [6.45, 7) is 2.44. The molecule has 0 spiro atoms. The summed E-state index contributed by atoms with van der Waals surface area (Å²) >= 11 is 5.99. The van der Waals surface area contributed by atoms with Crippen LogP contribution < -0.4 is 5.32 Å². The summed E-state index contributed by atoms with van der Waals surface area (Å²) in [6, 6.07) is 7.52. The van der Waals surface area contributed by atoms with Gasteiger partial charge in [-0.25, -0.2) is 4.79 Å². The highest BCUT2D eigenvalue weighted by atomic mass is 35.5. The Labute approximate surface area is 122 Å². The molecular weight excluding hydrogens is 278 g/mol. The van der Waals surface area contributed by atoms with E-state index in [-0.39, 0.29) is 6.03 Å². The number of amides is 2. The molecule has 106 valence electrons. The number of rotatable bonds is 1. The number of benzene rings is 1. The Bertz CT molecular complexity index is 647. The lowest BCUT2D eigenvalue weighted by Gasteiger charge is -2.26. The molecule has 0 bridgehead atoms. The van der Waals surface area contributed by atoms with Gasteiger partial charge in [-0.2, -0.15) is 0 Å². The van der Waals surface area contributed by atoms with Crippen molar-refractivity contribution in [2.75, 3.05) is 31.6 Å². The number of carbonyl (C=O) groups excluding carboxylic acids is 1. The fraction of sp³-hybridized carbons (Fsp3) is 0.357. The van der Waals surface area contributed by atoms with Crippen molar-refractivity contribution in [1.29, 1.82) is 0 Å². The average molecular weight is 294 g/mol. The SMILES string of the molecule is Cn1c(NC(=O)N2CCOCC2)cc2cc(Cl)ccc21. The first kappa shape index (κ1) is 13.3. The zero-order valence-electron chi connectivity index (χ0n) is 11.2. The van der Waals surface area contributed by atoms with Crippen molar-refractivity contribution in [1.82, 2.24) is 9.47 Å². The summed E-state index contributed by atoms with van der Waals surface area (Å²) in [5.41, 5.74) is 1.03. The highest BCUT2D eigenvalue weighted by molar-refractivity contribution is 6.31. The fourth-order valence-electron chi connectivity index (χ4n) is 2.40. The van der Waals surface area contributed by atoms with Gasteiger partial charge in [0.25, 0.3) is 0 Å². The maximum Gasteiger partial charge on any atom is 0.323 e. The molecule has 1 saturated heterocycles. The summed E-state index contributed by atoms with van der Waals surface area (Å²) < 4.78 is 7.19. The highest BCUT2D eigenvalue weighted by Crippen LogP contribution is 2.25. The second-order valence-electron chi connectivity index (χ2n) is 4.82. The van der Waals surface area contributed by atoms with Crippen molar-refractivity contribution in [3.8, 4) is 0 Å². The molecule has 1 aliphatic rings.